The standard InChI is InChI=1S/C21H27N3O2.HI/c1-22-21(24-13-11-17-7-3-4-8-18(17)15-24)23-12-14-26-16-19-9-5-6-10-20(19)25-2;/h3-10H,11-16H2,1-2H3,(H,22,23);1H. The van der Waals surface area contributed by atoms with Gasteiger partial charge in [-0.25, -0.2) is 0 Å². The number of hydrogen-bond acceptors (Lipinski definition) is 3. The van der Waals surface area contributed by atoms with Gasteiger partial charge in [0.05, 0.1) is 20.3 Å². The van der Waals surface area contributed by atoms with Crippen LogP contribution in [0, 0.1) is 0 Å². The smallest absolute Gasteiger partial charge is 0.194 e. The Hall–Kier alpha value is -1.80. The predicted molar refractivity (Wildman–Crippen MR) is 120 cm³/mol. The summed E-state index contributed by atoms with van der Waals surface area (Å²) in [5, 5.41) is 3.40. The quantitative estimate of drug-likeness (QED) is 0.297. The van der Waals surface area contributed by atoms with E-state index >= 15 is 0 Å². The van der Waals surface area contributed by atoms with Gasteiger partial charge in [0.25, 0.3) is 0 Å². The molecule has 0 aliphatic carbocycles. The highest BCUT2D eigenvalue weighted by Gasteiger charge is 2.18. The van der Waals surface area contributed by atoms with Crippen molar-refractivity contribution >= 4 is 29.9 Å². The molecule has 1 N–H and O–H groups in total. The molecule has 1 heterocycles. The second-order valence-electron chi connectivity index (χ2n) is 6.28. The lowest BCUT2D eigenvalue weighted by Gasteiger charge is -2.31. The van der Waals surface area contributed by atoms with Crippen LogP contribution in [0.3, 0.4) is 0 Å². The highest BCUT2D eigenvalue weighted by Crippen LogP contribution is 2.19. The number of ether oxygens (including phenoxy) is 2. The van der Waals surface area contributed by atoms with E-state index in [9.17, 15) is 0 Å². The summed E-state index contributed by atoms with van der Waals surface area (Å²) in [5.41, 5.74) is 3.89. The van der Waals surface area contributed by atoms with E-state index in [4.69, 9.17) is 9.47 Å². The minimum atomic E-state index is 0. The Morgan fingerprint density at radius 3 is 2.63 bits per heavy atom. The van der Waals surface area contributed by atoms with Gasteiger partial charge in [-0.2, -0.15) is 0 Å². The monoisotopic (exact) mass is 481 g/mol. The number of nitrogens with one attached hydrogen (secondary N) is 1. The third-order valence-corrected chi connectivity index (χ3v) is 4.62. The van der Waals surface area contributed by atoms with Crippen LogP contribution in [-0.2, 0) is 24.3 Å². The lowest BCUT2D eigenvalue weighted by molar-refractivity contribution is 0.123. The minimum Gasteiger partial charge on any atom is -0.496 e. The molecule has 0 bridgehead atoms. The van der Waals surface area contributed by atoms with Gasteiger partial charge in [-0.15, -0.1) is 24.0 Å². The number of aliphatic imine (C=N–C) groups is 1. The number of para-hydroxylation sites is 1. The number of halogens is 1. The molecule has 0 unspecified atom stereocenters. The second kappa shape index (κ2) is 11.1. The highest BCUT2D eigenvalue weighted by atomic mass is 127. The molecule has 0 atom stereocenters. The number of hydrogen-bond donors (Lipinski definition) is 1. The molecule has 0 spiro atoms. The molecule has 0 saturated heterocycles. The topological polar surface area (TPSA) is 46.1 Å². The molecule has 0 fully saturated rings. The molecule has 3 rings (SSSR count). The summed E-state index contributed by atoms with van der Waals surface area (Å²) < 4.78 is 11.1. The van der Waals surface area contributed by atoms with Crippen LogP contribution >= 0.6 is 24.0 Å². The Bertz CT molecular complexity index is 752. The number of methoxy groups -OCH3 is 1. The van der Waals surface area contributed by atoms with E-state index in [0.29, 0.717) is 13.2 Å². The summed E-state index contributed by atoms with van der Waals surface area (Å²) in [7, 11) is 3.51. The predicted octanol–water partition coefficient (Wildman–Crippen LogP) is 3.46. The first-order chi connectivity index (χ1) is 12.8. The number of benzene rings is 2. The molecule has 0 amide bonds. The van der Waals surface area contributed by atoms with Crippen LogP contribution in [0.5, 0.6) is 5.75 Å². The zero-order valence-electron chi connectivity index (χ0n) is 16.0. The molecule has 27 heavy (non-hydrogen) atoms. The Balaban J connectivity index is 0.00000261. The van der Waals surface area contributed by atoms with Crippen molar-refractivity contribution in [3.63, 3.8) is 0 Å². The average molecular weight is 481 g/mol. The summed E-state index contributed by atoms with van der Waals surface area (Å²) in [6.45, 7) is 3.76. The fraction of sp³-hybridized carbons (Fsp3) is 0.381. The molecule has 146 valence electrons. The highest BCUT2D eigenvalue weighted by molar-refractivity contribution is 14.0. The third kappa shape index (κ3) is 5.84. The van der Waals surface area contributed by atoms with E-state index in [2.05, 4.69) is 39.5 Å². The van der Waals surface area contributed by atoms with Crippen molar-refractivity contribution in [2.24, 2.45) is 4.99 Å². The van der Waals surface area contributed by atoms with Crippen LogP contribution in [-0.4, -0.2) is 44.7 Å². The molecule has 0 radical (unpaired) electrons. The normalized spacial score (nSPS) is 13.6. The van der Waals surface area contributed by atoms with E-state index in [-0.39, 0.29) is 24.0 Å². The van der Waals surface area contributed by atoms with Gasteiger partial charge in [0.1, 0.15) is 5.75 Å². The maximum Gasteiger partial charge on any atom is 0.194 e. The van der Waals surface area contributed by atoms with Gasteiger partial charge in [-0.3, -0.25) is 4.99 Å². The average Bonchev–Trinajstić information content (AvgIpc) is 2.70. The Labute approximate surface area is 178 Å². The van der Waals surface area contributed by atoms with Crippen molar-refractivity contribution in [2.45, 2.75) is 19.6 Å². The Kier molecular flexibility index (Phi) is 8.87. The second-order valence-corrected chi connectivity index (χ2v) is 6.28. The molecule has 5 nitrogen and oxygen atoms in total. The molecule has 0 aromatic heterocycles. The van der Waals surface area contributed by atoms with E-state index < -0.39 is 0 Å². The zero-order chi connectivity index (χ0) is 18.2. The van der Waals surface area contributed by atoms with Gasteiger partial charge in [0, 0.05) is 32.2 Å². The molecule has 0 saturated carbocycles. The van der Waals surface area contributed by atoms with Gasteiger partial charge in [0.15, 0.2) is 5.96 Å². The maximum absolute atomic E-state index is 5.78. The minimum absolute atomic E-state index is 0. The van der Waals surface area contributed by atoms with Crippen LogP contribution < -0.4 is 10.1 Å². The van der Waals surface area contributed by atoms with Crippen LogP contribution in [0.2, 0.25) is 0 Å². The van der Waals surface area contributed by atoms with Crippen molar-refractivity contribution in [2.75, 3.05) is 33.9 Å². The third-order valence-electron chi connectivity index (χ3n) is 4.62. The van der Waals surface area contributed by atoms with Crippen molar-refractivity contribution in [3.8, 4) is 5.75 Å². The van der Waals surface area contributed by atoms with Crippen LogP contribution in [0.4, 0.5) is 0 Å². The van der Waals surface area contributed by atoms with Crippen LogP contribution in [0.1, 0.15) is 16.7 Å². The summed E-state index contributed by atoms with van der Waals surface area (Å²) in [4.78, 5) is 6.72. The Morgan fingerprint density at radius 1 is 1.11 bits per heavy atom. The number of guanidine groups is 1. The lowest BCUT2D eigenvalue weighted by atomic mass is 10.0. The SMILES string of the molecule is CN=C(NCCOCc1ccccc1OC)N1CCc2ccccc2C1.I. The van der Waals surface area contributed by atoms with E-state index in [1.54, 1.807) is 7.11 Å². The summed E-state index contributed by atoms with van der Waals surface area (Å²) in [6, 6.07) is 16.6. The summed E-state index contributed by atoms with van der Waals surface area (Å²) in [6.07, 6.45) is 1.06. The molecular weight excluding hydrogens is 453 g/mol. The van der Waals surface area contributed by atoms with E-state index in [1.807, 2.05) is 31.3 Å². The van der Waals surface area contributed by atoms with E-state index in [1.165, 1.54) is 11.1 Å². The molecule has 2 aromatic carbocycles. The van der Waals surface area contributed by atoms with Crippen molar-refractivity contribution in [3.05, 3.63) is 65.2 Å². The van der Waals surface area contributed by atoms with Crippen molar-refractivity contribution < 1.29 is 9.47 Å². The van der Waals surface area contributed by atoms with E-state index in [0.717, 1.165) is 43.3 Å². The fourth-order valence-corrected chi connectivity index (χ4v) is 3.25. The first-order valence-corrected chi connectivity index (χ1v) is 9.04. The molecule has 1 aliphatic rings. The Morgan fingerprint density at radius 2 is 1.85 bits per heavy atom. The number of nitrogens with zero attached hydrogens (tertiary/aromatic N) is 2. The first-order valence-electron chi connectivity index (χ1n) is 9.04. The summed E-state index contributed by atoms with van der Waals surface area (Å²) >= 11 is 0. The van der Waals surface area contributed by atoms with Crippen LogP contribution in [0.25, 0.3) is 0 Å². The first kappa shape index (κ1) is 21.5. The van der Waals surface area contributed by atoms with Gasteiger partial charge in [-0.05, 0) is 23.6 Å². The van der Waals surface area contributed by atoms with Gasteiger partial charge in [-0.1, -0.05) is 42.5 Å². The number of fused-ring (bicyclic) bond motifs is 1. The maximum atomic E-state index is 5.78. The van der Waals surface area contributed by atoms with Crippen molar-refractivity contribution in [1.82, 2.24) is 10.2 Å². The summed E-state index contributed by atoms with van der Waals surface area (Å²) in [5.74, 6) is 1.80. The van der Waals surface area contributed by atoms with Crippen molar-refractivity contribution in [1.29, 1.82) is 0 Å². The van der Waals surface area contributed by atoms with Gasteiger partial charge >= 0.3 is 0 Å². The largest absolute Gasteiger partial charge is 0.496 e. The molecular formula is C21H28IN3O2. The molecule has 6 heteroatoms. The molecule has 1 aliphatic heterocycles. The number of rotatable bonds is 6. The lowest BCUT2D eigenvalue weighted by Crippen LogP contribution is -2.44. The zero-order valence-corrected chi connectivity index (χ0v) is 18.3. The fourth-order valence-electron chi connectivity index (χ4n) is 3.25. The van der Waals surface area contributed by atoms with Gasteiger partial charge in [0.2, 0.25) is 0 Å². The molecule has 2 aromatic rings. The van der Waals surface area contributed by atoms with Gasteiger partial charge < -0.3 is 19.7 Å². The van der Waals surface area contributed by atoms with Crippen LogP contribution in [0.15, 0.2) is 53.5 Å².